The summed E-state index contributed by atoms with van der Waals surface area (Å²) >= 11 is 0. The van der Waals surface area contributed by atoms with E-state index in [0.29, 0.717) is 0 Å². The van der Waals surface area contributed by atoms with Crippen LogP contribution in [0.15, 0.2) is 30.3 Å². The highest BCUT2D eigenvalue weighted by Crippen LogP contribution is 2.11. The van der Waals surface area contributed by atoms with Gasteiger partial charge in [-0.1, -0.05) is 23.0 Å². The fraction of sp³-hybridized carbons (Fsp3) is 0.364. The monoisotopic (exact) mass is 203 g/mol. The minimum Gasteiger partial charge on any atom is -0.0622 e. The first-order valence-corrected chi connectivity index (χ1v) is 4.98. The second-order valence-electron chi connectivity index (χ2n) is 4.48. The van der Waals surface area contributed by atoms with Gasteiger partial charge in [-0.25, -0.2) is 0 Å². The molecule has 1 aromatic heterocycles. The largest absolute Gasteiger partial charge is 0.338 e. The van der Waals surface area contributed by atoms with E-state index >= 15 is 0 Å². The van der Waals surface area contributed by atoms with Crippen LogP contribution in [0.3, 0.4) is 0 Å². The summed E-state index contributed by atoms with van der Waals surface area (Å²) in [6.45, 7) is 6.23. The van der Waals surface area contributed by atoms with E-state index in [4.69, 9.17) is 0 Å². The van der Waals surface area contributed by atoms with Crippen LogP contribution in [-0.4, -0.2) is 15.4 Å². The number of nitrogens with zero attached hydrogens (tertiary/aromatic N) is 3. The lowest BCUT2D eigenvalue weighted by Crippen LogP contribution is -2.54. The zero-order chi connectivity index (χ0) is 10.9. The van der Waals surface area contributed by atoms with Gasteiger partial charge in [-0.05, 0) is 43.2 Å². The van der Waals surface area contributed by atoms with Crippen LogP contribution in [0.2, 0.25) is 0 Å². The van der Waals surface area contributed by atoms with Crippen molar-refractivity contribution in [2.45, 2.75) is 26.3 Å². The average Bonchev–Trinajstić information content (AvgIpc) is 2.67. The molecule has 0 saturated heterocycles. The molecule has 78 valence electrons. The molecule has 1 heterocycles. The molecule has 1 N–H and O–H groups in total. The van der Waals surface area contributed by atoms with Crippen molar-refractivity contribution in [2.24, 2.45) is 0 Å². The van der Waals surface area contributed by atoms with Crippen molar-refractivity contribution in [1.82, 2.24) is 15.4 Å². The van der Waals surface area contributed by atoms with Crippen LogP contribution in [0.4, 0.5) is 0 Å². The van der Waals surface area contributed by atoms with Crippen molar-refractivity contribution in [3.05, 3.63) is 30.3 Å². The molecular weight excluding hydrogens is 188 g/mol. The molecule has 0 aliphatic rings. The number of hydrogen-bond donors (Lipinski definition) is 1. The molecular formula is C11H15N4+. The summed E-state index contributed by atoms with van der Waals surface area (Å²) in [5.74, 6) is 0.727. The molecule has 0 radical (unpaired) electrons. The second kappa shape index (κ2) is 3.46. The molecule has 0 spiro atoms. The van der Waals surface area contributed by atoms with Gasteiger partial charge in [0.15, 0.2) is 0 Å². The number of H-pyrrole nitrogens is 1. The zero-order valence-corrected chi connectivity index (χ0v) is 9.23. The summed E-state index contributed by atoms with van der Waals surface area (Å²) < 4.78 is 0. The van der Waals surface area contributed by atoms with Gasteiger partial charge in [-0.15, -0.1) is 0 Å². The van der Waals surface area contributed by atoms with Gasteiger partial charge < -0.3 is 0 Å². The molecule has 0 bridgehead atoms. The van der Waals surface area contributed by atoms with Crippen molar-refractivity contribution in [3.63, 3.8) is 0 Å². The SMILES string of the molecule is CC(C)(C)[n+]1nc(-c2ccccc2)n[nH]1. The highest BCUT2D eigenvalue weighted by Gasteiger charge is 2.24. The third kappa shape index (κ3) is 2.03. The van der Waals surface area contributed by atoms with Gasteiger partial charge in [-0.3, -0.25) is 0 Å². The van der Waals surface area contributed by atoms with E-state index in [9.17, 15) is 0 Å². The Bertz CT molecular complexity index is 439. The van der Waals surface area contributed by atoms with Gasteiger partial charge in [0, 0.05) is 0 Å². The number of nitrogens with one attached hydrogen (secondary N) is 1. The van der Waals surface area contributed by atoms with E-state index in [1.54, 1.807) is 4.80 Å². The predicted molar refractivity (Wildman–Crippen MR) is 57.0 cm³/mol. The quantitative estimate of drug-likeness (QED) is 0.714. The highest BCUT2D eigenvalue weighted by molar-refractivity contribution is 5.52. The van der Waals surface area contributed by atoms with Gasteiger partial charge in [-0.2, -0.15) is 0 Å². The second-order valence-corrected chi connectivity index (χ2v) is 4.48. The smallest absolute Gasteiger partial charge is 0.0622 e. The maximum Gasteiger partial charge on any atom is 0.338 e. The number of rotatable bonds is 1. The standard InChI is InChI=1S/C11H14N4/c1-11(2,3)15-13-10(12-14-15)9-7-5-4-6-8-9/h4-8H,1-3H3/p+1. The Morgan fingerprint density at radius 2 is 1.80 bits per heavy atom. The van der Waals surface area contributed by atoms with Crippen LogP contribution in [-0.2, 0) is 5.54 Å². The molecule has 0 saturated carbocycles. The summed E-state index contributed by atoms with van der Waals surface area (Å²) in [5, 5.41) is 11.5. The van der Waals surface area contributed by atoms with E-state index in [-0.39, 0.29) is 5.54 Å². The van der Waals surface area contributed by atoms with Gasteiger partial charge in [0.25, 0.3) is 0 Å². The molecule has 0 amide bonds. The Kier molecular flexibility index (Phi) is 2.26. The summed E-state index contributed by atoms with van der Waals surface area (Å²) in [6.07, 6.45) is 0. The fourth-order valence-electron chi connectivity index (χ4n) is 1.24. The number of hydrogen-bond acceptors (Lipinski definition) is 2. The molecule has 2 rings (SSSR count). The maximum atomic E-state index is 4.40. The van der Waals surface area contributed by atoms with E-state index < -0.39 is 0 Å². The van der Waals surface area contributed by atoms with Crippen molar-refractivity contribution >= 4 is 0 Å². The van der Waals surface area contributed by atoms with Crippen LogP contribution in [0.25, 0.3) is 11.4 Å². The molecule has 2 aromatic rings. The van der Waals surface area contributed by atoms with Gasteiger partial charge >= 0.3 is 5.82 Å². The molecule has 0 aliphatic heterocycles. The Hall–Kier alpha value is -1.71. The molecule has 0 unspecified atom stereocenters. The van der Waals surface area contributed by atoms with Crippen LogP contribution >= 0.6 is 0 Å². The van der Waals surface area contributed by atoms with Crippen molar-refractivity contribution in [3.8, 4) is 11.4 Å². The Morgan fingerprint density at radius 3 is 2.33 bits per heavy atom. The molecule has 0 aliphatic carbocycles. The lowest BCUT2D eigenvalue weighted by Gasteiger charge is -2.08. The predicted octanol–water partition coefficient (Wildman–Crippen LogP) is 1.51. The minimum absolute atomic E-state index is 0.0694. The number of benzene rings is 1. The number of tetrazole rings is 1. The van der Waals surface area contributed by atoms with Gasteiger partial charge in [0.1, 0.15) is 5.54 Å². The number of aromatic nitrogens is 4. The normalized spacial score (nSPS) is 11.7. The van der Waals surface area contributed by atoms with Gasteiger partial charge in [0.05, 0.1) is 10.7 Å². The average molecular weight is 203 g/mol. The van der Waals surface area contributed by atoms with Crippen molar-refractivity contribution in [1.29, 1.82) is 0 Å². The summed E-state index contributed by atoms with van der Waals surface area (Å²) in [5.41, 5.74) is 0.955. The van der Waals surface area contributed by atoms with Crippen LogP contribution in [0.5, 0.6) is 0 Å². The highest BCUT2D eigenvalue weighted by atomic mass is 15.6. The molecule has 1 aromatic carbocycles. The lowest BCUT2D eigenvalue weighted by atomic mass is 10.1. The lowest BCUT2D eigenvalue weighted by molar-refractivity contribution is -0.853. The minimum atomic E-state index is -0.0694. The van der Waals surface area contributed by atoms with E-state index in [1.807, 2.05) is 30.3 Å². The number of aromatic amines is 1. The Balaban J connectivity index is 2.37. The molecule has 0 atom stereocenters. The molecule has 4 nitrogen and oxygen atoms in total. The Labute approximate surface area is 88.9 Å². The first-order valence-electron chi connectivity index (χ1n) is 4.98. The van der Waals surface area contributed by atoms with Crippen molar-refractivity contribution < 1.29 is 4.80 Å². The van der Waals surface area contributed by atoms with Gasteiger partial charge in [0.2, 0.25) is 0 Å². The maximum absolute atomic E-state index is 4.40. The van der Waals surface area contributed by atoms with E-state index in [1.165, 1.54) is 0 Å². The summed E-state index contributed by atoms with van der Waals surface area (Å²) in [4.78, 5) is 1.76. The molecule has 4 heteroatoms. The van der Waals surface area contributed by atoms with Crippen LogP contribution < -0.4 is 4.80 Å². The fourth-order valence-corrected chi connectivity index (χ4v) is 1.24. The summed E-state index contributed by atoms with van der Waals surface area (Å²) in [6, 6.07) is 9.93. The first kappa shape index (κ1) is 9.83. The third-order valence-corrected chi connectivity index (χ3v) is 2.11. The molecule has 0 fully saturated rings. The van der Waals surface area contributed by atoms with E-state index in [2.05, 4.69) is 36.2 Å². The topological polar surface area (TPSA) is 45.5 Å². The first-order chi connectivity index (χ1) is 7.07. The summed E-state index contributed by atoms with van der Waals surface area (Å²) in [7, 11) is 0. The van der Waals surface area contributed by atoms with E-state index in [0.717, 1.165) is 11.4 Å². The zero-order valence-electron chi connectivity index (χ0n) is 9.23. The third-order valence-electron chi connectivity index (χ3n) is 2.11. The van der Waals surface area contributed by atoms with Crippen LogP contribution in [0.1, 0.15) is 20.8 Å². The van der Waals surface area contributed by atoms with Crippen LogP contribution in [0, 0.1) is 0 Å². The Morgan fingerprint density at radius 1 is 1.13 bits per heavy atom. The molecule has 15 heavy (non-hydrogen) atoms. The van der Waals surface area contributed by atoms with Crippen molar-refractivity contribution in [2.75, 3.05) is 0 Å².